The van der Waals surface area contributed by atoms with Crippen molar-refractivity contribution in [1.82, 2.24) is 4.31 Å². The molecule has 28 heavy (non-hydrogen) atoms. The Morgan fingerprint density at radius 1 is 1.04 bits per heavy atom. The summed E-state index contributed by atoms with van der Waals surface area (Å²) in [5.41, 5.74) is 3.58. The van der Waals surface area contributed by atoms with Crippen LogP contribution in [-0.2, 0) is 22.9 Å². The van der Waals surface area contributed by atoms with Crippen molar-refractivity contribution in [3.63, 3.8) is 0 Å². The second-order valence-corrected chi connectivity index (χ2v) is 8.93. The topological polar surface area (TPSA) is 57.7 Å². The third-order valence-corrected chi connectivity index (χ3v) is 7.41. The van der Waals surface area contributed by atoms with E-state index in [0.717, 1.165) is 30.5 Å². The highest BCUT2D eigenvalue weighted by molar-refractivity contribution is 7.89. The molecule has 1 amide bonds. The number of sulfonamides is 1. The van der Waals surface area contributed by atoms with Crippen molar-refractivity contribution < 1.29 is 13.2 Å². The molecule has 0 aromatic heterocycles. The maximum atomic E-state index is 13.0. The molecule has 0 N–H and O–H groups in total. The van der Waals surface area contributed by atoms with Crippen LogP contribution < -0.4 is 4.90 Å². The highest BCUT2D eigenvalue weighted by Crippen LogP contribution is 2.31. The molecular formula is C22H28N2O3S. The smallest absolute Gasteiger partial charge is 0.258 e. The van der Waals surface area contributed by atoms with Gasteiger partial charge in [-0.2, -0.15) is 4.31 Å². The number of hydrogen-bond donors (Lipinski definition) is 0. The SMILES string of the molecule is CCc1ccc(C(=O)N2CCCc3cc(S(=O)(=O)N(CC)CC)ccc32)cc1. The predicted molar refractivity (Wildman–Crippen MR) is 112 cm³/mol. The Hall–Kier alpha value is -2.18. The van der Waals surface area contributed by atoms with Gasteiger partial charge in [0.1, 0.15) is 0 Å². The van der Waals surface area contributed by atoms with Crippen molar-refractivity contribution in [3.8, 4) is 0 Å². The minimum Gasteiger partial charge on any atom is -0.308 e. The van der Waals surface area contributed by atoms with Crippen LogP contribution in [0, 0.1) is 0 Å². The fourth-order valence-corrected chi connectivity index (χ4v) is 5.21. The number of nitrogens with zero attached hydrogens (tertiary/aromatic N) is 2. The Morgan fingerprint density at radius 3 is 2.32 bits per heavy atom. The number of rotatable bonds is 6. The average Bonchev–Trinajstić information content (AvgIpc) is 2.73. The number of amides is 1. The van der Waals surface area contributed by atoms with E-state index in [2.05, 4.69) is 6.92 Å². The standard InChI is InChI=1S/C22H28N2O3S/c1-4-17-9-11-18(12-10-17)22(25)24-15-7-8-19-16-20(13-14-21(19)24)28(26,27)23(5-2)6-3/h9-14,16H,4-8,15H2,1-3H3. The van der Waals surface area contributed by atoms with Gasteiger partial charge in [0, 0.05) is 30.9 Å². The van der Waals surface area contributed by atoms with Crippen LogP contribution in [0.4, 0.5) is 5.69 Å². The fraction of sp³-hybridized carbons (Fsp3) is 0.409. The van der Waals surface area contributed by atoms with Gasteiger partial charge in [0.2, 0.25) is 10.0 Å². The monoisotopic (exact) mass is 400 g/mol. The van der Waals surface area contributed by atoms with Gasteiger partial charge in [0.05, 0.1) is 4.90 Å². The molecule has 0 atom stereocenters. The van der Waals surface area contributed by atoms with Gasteiger partial charge in [-0.05, 0) is 60.7 Å². The summed E-state index contributed by atoms with van der Waals surface area (Å²) in [7, 11) is -3.50. The summed E-state index contributed by atoms with van der Waals surface area (Å²) in [5, 5.41) is 0. The van der Waals surface area contributed by atoms with Crippen LogP contribution in [-0.4, -0.2) is 38.3 Å². The highest BCUT2D eigenvalue weighted by Gasteiger charge is 2.27. The van der Waals surface area contributed by atoms with Crippen LogP contribution >= 0.6 is 0 Å². The van der Waals surface area contributed by atoms with E-state index in [4.69, 9.17) is 0 Å². The zero-order valence-corrected chi connectivity index (χ0v) is 17.6. The second-order valence-electron chi connectivity index (χ2n) is 6.99. The summed E-state index contributed by atoms with van der Waals surface area (Å²) in [6.07, 6.45) is 2.53. The Morgan fingerprint density at radius 2 is 1.71 bits per heavy atom. The molecule has 1 aliphatic heterocycles. The van der Waals surface area contributed by atoms with Crippen molar-refractivity contribution in [1.29, 1.82) is 0 Å². The molecular weight excluding hydrogens is 372 g/mol. The Kier molecular flexibility index (Phi) is 6.20. The van der Waals surface area contributed by atoms with Crippen molar-refractivity contribution >= 4 is 21.6 Å². The molecule has 0 saturated carbocycles. The van der Waals surface area contributed by atoms with E-state index in [0.29, 0.717) is 30.1 Å². The number of benzene rings is 2. The lowest BCUT2D eigenvalue weighted by molar-refractivity contribution is 0.0985. The number of anilines is 1. The van der Waals surface area contributed by atoms with Gasteiger partial charge in [0.25, 0.3) is 5.91 Å². The summed E-state index contributed by atoms with van der Waals surface area (Å²) >= 11 is 0. The van der Waals surface area contributed by atoms with Gasteiger partial charge in [-0.25, -0.2) is 8.42 Å². The van der Waals surface area contributed by atoms with Crippen LogP contribution in [0.1, 0.15) is 48.7 Å². The van der Waals surface area contributed by atoms with E-state index >= 15 is 0 Å². The maximum Gasteiger partial charge on any atom is 0.258 e. The Bertz CT molecular complexity index is 948. The zero-order chi connectivity index (χ0) is 20.3. The van der Waals surface area contributed by atoms with E-state index in [1.165, 1.54) is 9.87 Å². The number of carbonyl (C=O) groups excluding carboxylic acids is 1. The molecule has 1 aliphatic rings. The third kappa shape index (κ3) is 3.84. The quantitative estimate of drug-likeness (QED) is 0.740. The predicted octanol–water partition coefficient (Wildman–Crippen LogP) is 3.87. The number of aryl methyl sites for hydroxylation is 2. The normalized spacial score (nSPS) is 14.2. The molecule has 0 spiro atoms. The first-order chi connectivity index (χ1) is 13.4. The summed E-state index contributed by atoms with van der Waals surface area (Å²) in [6, 6.07) is 12.9. The lowest BCUT2D eigenvalue weighted by atomic mass is 10.0. The largest absolute Gasteiger partial charge is 0.308 e. The molecule has 0 saturated heterocycles. The summed E-state index contributed by atoms with van der Waals surface area (Å²) in [4.78, 5) is 15.1. The van der Waals surface area contributed by atoms with E-state index in [1.807, 2.05) is 38.1 Å². The van der Waals surface area contributed by atoms with Crippen molar-refractivity contribution in [3.05, 3.63) is 59.2 Å². The molecule has 0 unspecified atom stereocenters. The van der Waals surface area contributed by atoms with Crippen LogP contribution in [0.5, 0.6) is 0 Å². The first-order valence-corrected chi connectivity index (χ1v) is 11.4. The second kappa shape index (κ2) is 8.45. The lowest BCUT2D eigenvalue weighted by Crippen LogP contribution is -2.36. The Labute approximate surface area is 168 Å². The first kappa shape index (κ1) is 20.6. The van der Waals surface area contributed by atoms with E-state index in [-0.39, 0.29) is 5.91 Å². The average molecular weight is 401 g/mol. The molecule has 150 valence electrons. The van der Waals surface area contributed by atoms with Gasteiger partial charge in [-0.1, -0.05) is 32.9 Å². The van der Waals surface area contributed by atoms with Crippen molar-refractivity contribution in [2.75, 3.05) is 24.5 Å². The molecule has 1 heterocycles. The van der Waals surface area contributed by atoms with Crippen molar-refractivity contribution in [2.24, 2.45) is 0 Å². The van der Waals surface area contributed by atoms with E-state index in [1.54, 1.807) is 23.1 Å². The highest BCUT2D eigenvalue weighted by atomic mass is 32.2. The molecule has 0 fully saturated rings. The Balaban J connectivity index is 1.93. The number of carbonyl (C=O) groups is 1. The lowest BCUT2D eigenvalue weighted by Gasteiger charge is -2.30. The zero-order valence-electron chi connectivity index (χ0n) is 16.8. The van der Waals surface area contributed by atoms with Gasteiger partial charge < -0.3 is 4.90 Å². The molecule has 6 heteroatoms. The molecule has 5 nitrogen and oxygen atoms in total. The van der Waals surface area contributed by atoms with Gasteiger partial charge in [-0.15, -0.1) is 0 Å². The minimum absolute atomic E-state index is 0.0389. The number of hydrogen-bond acceptors (Lipinski definition) is 3. The minimum atomic E-state index is -3.50. The van der Waals surface area contributed by atoms with Gasteiger partial charge in [-0.3, -0.25) is 4.79 Å². The van der Waals surface area contributed by atoms with Crippen LogP contribution in [0.2, 0.25) is 0 Å². The van der Waals surface area contributed by atoms with Crippen molar-refractivity contribution in [2.45, 2.75) is 44.9 Å². The molecule has 0 bridgehead atoms. The third-order valence-electron chi connectivity index (χ3n) is 5.37. The molecule has 0 aliphatic carbocycles. The van der Waals surface area contributed by atoms with Gasteiger partial charge in [0.15, 0.2) is 0 Å². The van der Waals surface area contributed by atoms with Crippen LogP contribution in [0.15, 0.2) is 47.4 Å². The fourth-order valence-electron chi connectivity index (χ4n) is 3.70. The first-order valence-electron chi connectivity index (χ1n) is 9.96. The molecule has 0 radical (unpaired) electrons. The van der Waals surface area contributed by atoms with Gasteiger partial charge >= 0.3 is 0 Å². The van der Waals surface area contributed by atoms with E-state index < -0.39 is 10.0 Å². The van der Waals surface area contributed by atoms with E-state index in [9.17, 15) is 13.2 Å². The summed E-state index contributed by atoms with van der Waals surface area (Å²) in [5.74, 6) is -0.0389. The van der Waals surface area contributed by atoms with Crippen LogP contribution in [0.3, 0.4) is 0 Å². The summed E-state index contributed by atoms with van der Waals surface area (Å²) < 4.78 is 27.1. The maximum absolute atomic E-state index is 13.0. The van der Waals surface area contributed by atoms with Crippen LogP contribution in [0.25, 0.3) is 0 Å². The molecule has 3 rings (SSSR count). The number of fused-ring (bicyclic) bond motifs is 1. The molecule has 2 aromatic rings. The summed E-state index contributed by atoms with van der Waals surface area (Å²) in [6.45, 7) is 7.28. The molecule has 2 aromatic carbocycles.